The van der Waals surface area contributed by atoms with Crippen molar-refractivity contribution in [2.45, 2.75) is 83.1 Å². The molecule has 6 heteroatoms. The van der Waals surface area contributed by atoms with Gasteiger partial charge in [0, 0.05) is 13.2 Å². The molecule has 1 saturated carbocycles. The number of rotatable bonds is 8. The third-order valence-corrected chi connectivity index (χ3v) is 6.82. The van der Waals surface area contributed by atoms with Gasteiger partial charge in [-0.1, -0.05) is 6.42 Å². The number of carbonyl (C=O) groups excluding carboxylic acids is 1. The minimum absolute atomic E-state index is 0.0303. The Balaban J connectivity index is 1.49. The van der Waals surface area contributed by atoms with E-state index in [1.807, 2.05) is 6.92 Å². The molecule has 2 saturated heterocycles. The molecule has 2 aliphatic heterocycles. The van der Waals surface area contributed by atoms with Crippen LogP contribution in [0.25, 0.3) is 0 Å². The van der Waals surface area contributed by atoms with Crippen LogP contribution in [0.3, 0.4) is 0 Å². The molecule has 28 heavy (non-hydrogen) atoms. The van der Waals surface area contributed by atoms with E-state index >= 15 is 0 Å². The van der Waals surface area contributed by atoms with Crippen LogP contribution >= 0.6 is 0 Å². The Bertz CT molecular complexity index is 475. The summed E-state index contributed by atoms with van der Waals surface area (Å²) in [6, 6.07) is 0.799. The molecule has 0 N–H and O–H groups in total. The van der Waals surface area contributed by atoms with E-state index in [-0.39, 0.29) is 24.1 Å². The molecule has 0 aromatic carbocycles. The fourth-order valence-corrected chi connectivity index (χ4v) is 5.21. The quantitative estimate of drug-likeness (QED) is 0.588. The summed E-state index contributed by atoms with van der Waals surface area (Å²) in [5, 5.41) is 0. The van der Waals surface area contributed by atoms with Crippen LogP contribution in [0.4, 0.5) is 0 Å². The maximum atomic E-state index is 11.9. The SMILES string of the molecule is CCOC(=O)C1CCC(OC[C@@H]2[C@@H](OCC)[C@H](N3CCCCC3)CN2C)CC1. The minimum atomic E-state index is -0.0303. The molecule has 0 amide bonds. The fraction of sp³-hybridized carbons (Fsp3) is 0.955. The lowest BCUT2D eigenvalue weighted by Gasteiger charge is -2.36. The first-order valence-electron chi connectivity index (χ1n) is 11.5. The van der Waals surface area contributed by atoms with Gasteiger partial charge in [0.2, 0.25) is 0 Å². The lowest BCUT2D eigenvalue weighted by atomic mass is 9.87. The van der Waals surface area contributed by atoms with E-state index < -0.39 is 0 Å². The van der Waals surface area contributed by atoms with Crippen LogP contribution in [0.1, 0.15) is 58.8 Å². The van der Waals surface area contributed by atoms with Gasteiger partial charge in [-0.15, -0.1) is 0 Å². The number of likely N-dealkylation sites (tertiary alicyclic amines) is 2. The second-order valence-electron chi connectivity index (χ2n) is 8.65. The molecule has 0 unspecified atom stereocenters. The molecular formula is C22H40N2O4. The van der Waals surface area contributed by atoms with Crippen molar-refractivity contribution in [1.29, 1.82) is 0 Å². The number of esters is 1. The van der Waals surface area contributed by atoms with E-state index in [9.17, 15) is 4.79 Å². The smallest absolute Gasteiger partial charge is 0.308 e. The molecule has 0 radical (unpaired) electrons. The first-order valence-corrected chi connectivity index (χ1v) is 11.5. The topological polar surface area (TPSA) is 51.2 Å². The van der Waals surface area contributed by atoms with Gasteiger partial charge in [-0.25, -0.2) is 0 Å². The molecule has 1 aliphatic carbocycles. The number of nitrogens with zero attached hydrogens (tertiary/aromatic N) is 2. The Hall–Kier alpha value is -0.690. The highest BCUT2D eigenvalue weighted by Crippen LogP contribution is 2.30. The number of ether oxygens (including phenoxy) is 3. The Morgan fingerprint density at radius 2 is 1.68 bits per heavy atom. The van der Waals surface area contributed by atoms with E-state index in [2.05, 4.69) is 23.8 Å². The summed E-state index contributed by atoms with van der Waals surface area (Å²) < 4.78 is 17.8. The number of likely N-dealkylation sites (N-methyl/N-ethyl adjacent to an activating group) is 1. The number of carbonyl (C=O) groups is 1. The molecule has 3 aliphatic rings. The van der Waals surface area contributed by atoms with Gasteiger partial charge in [0.25, 0.3) is 0 Å². The Morgan fingerprint density at radius 1 is 0.964 bits per heavy atom. The van der Waals surface area contributed by atoms with Crippen LogP contribution < -0.4 is 0 Å². The normalized spacial score (nSPS) is 35.2. The summed E-state index contributed by atoms with van der Waals surface area (Å²) in [4.78, 5) is 17.0. The van der Waals surface area contributed by atoms with Crippen molar-refractivity contribution in [1.82, 2.24) is 9.80 Å². The summed E-state index contributed by atoms with van der Waals surface area (Å²) in [6.45, 7) is 9.39. The Kier molecular flexibility index (Phi) is 8.57. The highest BCUT2D eigenvalue weighted by Gasteiger charge is 2.44. The summed E-state index contributed by atoms with van der Waals surface area (Å²) >= 11 is 0. The molecule has 2 heterocycles. The van der Waals surface area contributed by atoms with Crippen molar-refractivity contribution in [2.75, 3.05) is 46.5 Å². The van der Waals surface area contributed by atoms with Gasteiger partial charge in [0.15, 0.2) is 0 Å². The maximum Gasteiger partial charge on any atom is 0.308 e. The number of hydrogen-bond acceptors (Lipinski definition) is 6. The van der Waals surface area contributed by atoms with Crippen LogP contribution in [0, 0.1) is 5.92 Å². The van der Waals surface area contributed by atoms with Gasteiger partial charge in [0.05, 0.1) is 43.4 Å². The maximum absolute atomic E-state index is 11.9. The summed E-state index contributed by atoms with van der Waals surface area (Å²) in [5.74, 6) is 0.0332. The zero-order valence-corrected chi connectivity index (χ0v) is 18.1. The Labute approximate surface area is 170 Å². The van der Waals surface area contributed by atoms with Gasteiger partial charge in [0.1, 0.15) is 0 Å². The second-order valence-corrected chi connectivity index (χ2v) is 8.65. The van der Waals surface area contributed by atoms with E-state index in [1.165, 1.54) is 32.4 Å². The van der Waals surface area contributed by atoms with Gasteiger partial charge < -0.3 is 14.2 Å². The molecule has 0 bridgehead atoms. The van der Waals surface area contributed by atoms with Crippen molar-refractivity contribution in [3.8, 4) is 0 Å². The zero-order chi connectivity index (χ0) is 19.9. The molecule has 162 valence electrons. The van der Waals surface area contributed by atoms with Crippen molar-refractivity contribution in [3.63, 3.8) is 0 Å². The van der Waals surface area contributed by atoms with E-state index in [1.54, 1.807) is 0 Å². The molecular weight excluding hydrogens is 356 g/mol. The first-order chi connectivity index (χ1) is 13.6. The van der Waals surface area contributed by atoms with E-state index in [4.69, 9.17) is 14.2 Å². The highest BCUT2D eigenvalue weighted by atomic mass is 16.5. The Morgan fingerprint density at radius 3 is 2.32 bits per heavy atom. The third-order valence-electron chi connectivity index (χ3n) is 6.82. The summed E-state index contributed by atoms with van der Waals surface area (Å²) in [6.07, 6.45) is 8.14. The predicted molar refractivity (Wildman–Crippen MR) is 109 cm³/mol. The van der Waals surface area contributed by atoms with Crippen LogP contribution in [0.5, 0.6) is 0 Å². The molecule has 3 atom stereocenters. The molecule has 0 aromatic heterocycles. The summed E-state index contributed by atoms with van der Waals surface area (Å²) in [7, 11) is 2.21. The van der Waals surface area contributed by atoms with Crippen molar-refractivity contribution in [3.05, 3.63) is 0 Å². The van der Waals surface area contributed by atoms with Crippen molar-refractivity contribution >= 4 is 5.97 Å². The molecule has 0 aromatic rings. The lowest BCUT2D eigenvalue weighted by Crippen LogP contribution is -2.49. The average molecular weight is 397 g/mol. The van der Waals surface area contributed by atoms with Crippen LogP contribution in [-0.2, 0) is 19.0 Å². The fourth-order valence-electron chi connectivity index (χ4n) is 5.21. The average Bonchev–Trinajstić information content (AvgIpc) is 3.03. The van der Waals surface area contributed by atoms with Crippen molar-refractivity contribution in [2.24, 2.45) is 5.92 Å². The molecule has 3 fully saturated rings. The monoisotopic (exact) mass is 396 g/mol. The lowest BCUT2D eigenvalue weighted by molar-refractivity contribution is -0.150. The van der Waals surface area contributed by atoms with Gasteiger partial charge >= 0.3 is 5.97 Å². The second kappa shape index (κ2) is 10.9. The zero-order valence-electron chi connectivity index (χ0n) is 18.1. The summed E-state index contributed by atoms with van der Waals surface area (Å²) in [5.41, 5.74) is 0. The predicted octanol–water partition coefficient (Wildman–Crippen LogP) is 2.70. The standard InChI is InChI=1S/C22H40N2O4/c1-4-26-21-19(24-13-7-6-8-14-24)15-23(3)20(21)16-28-18-11-9-17(10-12-18)22(25)27-5-2/h17-21H,4-16H2,1-3H3/t17?,18?,19-,20-,21+/m1/s1. The van der Waals surface area contributed by atoms with Crippen LogP contribution in [-0.4, -0.2) is 86.6 Å². The van der Waals surface area contributed by atoms with Crippen LogP contribution in [0.15, 0.2) is 0 Å². The van der Waals surface area contributed by atoms with Gasteiger partial charge in [-0.2, -0.15) is 0 Å². The largest absolute Gasteiger partial charge is 0.466 e. The van der Waals surface area contributed by atoms with Crippen LogP contribution in [0.2, 0.25) is 0 Å². The van der Waals surface area contributed by atoms with Crippen molar-refractivity contribution < 1.29 is 19.0 Å². The minimum Gasteiger partial charge on any atom is -0.466 e. The number of hydrogen-bond donors (Lipinski definition) is 0. The van der Waals surface area contributed by atoms with Gasteiger partial charge in [-0.3, -0.25) is 14.6 Å². The molecule has 6 nitrogen and oxygen atoms in total. The van der Waals surface area contributed by atoms with E-state index in [0.717, 1.165) is 45.4 Å². The highest BCUT2D eigenvalue weighted by molar-refractivity contribution is 5.72. The molecule has 3 rings (SSSR count). The first kappa shape index (κ1) is 22.0. The number of piperidine rings is 1. The molecule has 0 spiro atoms. The third kappa shape index (κ3) is 5.47. The van der Waals surface area contributed by atoms with E-state index in [0.29, 0.717) is 18.7 Å². The van der Waals surface area contributed by atoms with Gasteiger partial charge in [-0.05, 0) is 72.5 Å².